The van der Waals surface area contributed by atoms with Crippen molar-refractivity contribution < 1.29 is 31.8 Å². The van der Waals surface area contributed by atoms with Crippen LogP contribution in [0.25, 0.3) is 10.4 Å². The Labute approximate surface area is 158 Å². The van der Waals surface area contributed by atoms with Crippen molar-refractivity contribution in [3.8, 4) is 21.9 Å². The lowest BCUT2D eigenvalue weighted by molar-refractivity contribution is -0.286. The third-order valence-corrected chi connectivity index (χ3v) is 4.77. The fraction of sp³-hybridized carbons (Fsp3) is 0.118. The Morgan fingerprint density at radius 2 is 1.75 bits per heavy atom. The van der Waals surface area contributed by atoms with E-state index >= 15 is 0 Å². The van der Waals surface area contributed by atoms with E-state index in [1.807, 2.05) is 0 Å². The number of nitrogens with zero attached hydrogens (tertiary/aromatic N) is 2. The number of halogens is 4. The Morgan fingerprint density at radius 1 is 1.11 bits per heavy atom. The molecule has 0 bridgehead atoms. The first-order valence-electron chi connectivity index (χ1n) is 7.70. The molecule has 6 nitrogen and oxygen atoms in total. The van der Waals surface area contributed by atoms with Gasteiger partial charge in [-0.15, -0.1) is 8.78 Å². The molecule has 1 N–H and O–H groups in total. The second-order valence-electron chi connectivity index (χ2n) is 5.74. The predicted molar refractivity (Wildman–Crippen MR) is 90.6 cm³/mol. The molecule has 0 atom stereocenters. The van der Waals surface area contributed by atoms with Crippen LogP contribution in [0.5, 0.6) is 11.5 Å². The Hall–Kier alpha value is -3.21. The van der Waals surface area contributed by atoms with Crippen LogP contribution in [0.3, 0.4) is 0 Å². The first-order valence-corrected chi connectivity index (χ1v) is 8.52. The van der Waals surface area contributed by atoms with E-state index in [0.29, 0.717) is 16.0 Å². The van der Waals surface area contributed by atoms with Gasteiger partial charge in [-0.1, -0.05) is 11.3 Å². The van der Waals surface area contributed by atoms with Crippen molar-refractivity contribution in [2.45, 2.75) is 13.2 Å². The number of hydrogen-bond acceptors (Lipinski definition) is 6. The fourth-order valence-electron chi connectivity index (χ4n) is 2.61. The number of fused-ring (bicyclic) bond motifs is 1. The minimum Gasteiger partial charge on any atom is -0.395 e. The molecule has 0 saturated heterocycles. The normalized spacial score (nSPS) is 14.2. The van der Waals surface area contributed by atoms with Gasteiger partial charge in [0, 0.05) is 11.8 Å². The average molecular weight is 411 g/mol. The van der Waals surface area contributed by atoms with Gasteiger partial charge >= 0.3 is 6.29 Å². The van der Waals surface area contributed by atoms with Crippen LogP contribution in [0.2, 0.25) is 0 Å². The van der Waals surface area contributed by atoms with Crippen LogP contribution in [-0.4, -0.2) is 22.2 Å². The maximum absolute atomic E-state index is 13.6. The number of anilines is 1. The van der Waals surface area contributed by atoms with Gasteiger partial charge in [0.2, 0.25) is 0 Å². The number of thiazole rings is 1. The quantitative estimate of drug-likeness (QED) is 0.648. The summed E-state index contributed by atoms with van der Waals surface area (Å²) in [6.07, 6.45) is -0.908. The molecule has 0 radical (unpaired) electrons. The molecular formula is C17H9F4N3O3S. The average Bonchev–Trinajstić information content (AvgIpc) is 3.16. The molecule has 4 rings (SSSR count). The molecule has 1 aliphatic heterocycles. The Morgan fingerprint density at radius 3 is 2.43 bits per heavy atom. The van der Waals surface area contributed by atoms with Crippen LogP contribution in [0.4, 0.5) is 22.7 Å². The molecule has 28 heavy (non-hydrogen) atoms. The van der Waals surface area contributed by atoms with Crippen molar-refractivity contribution in [1.29, 1.82) is 0 Å². The Kier molecular flexibility index (Phi) is 4.18. The van der Waals surface area contributed by atoms with Crippen LogP contribution in [0.1, 0.15) is 15.9 Å². The van der Waals surface area contributed by atoms with Crippen LogP contribution >= 0.6 is 11.3 Å². The van der Waals surface area contributed by atoms with E-state index < -0.39 is 29.4 Å². The van der Waals surface area contributed by atoms with Gasteiger partial charge in [0.1, 0.15) is 5.56 Å². The van der Waals surface area contributed by atoms with Gasteiger partial charge < -0.3 is 9.47 Å². The summed E-state index contributed by atoms with van der Waals surface area (Å²) in [6.45, 7) is 1.68. The lowest BCUT2D eigenvalue weighted by Gasteiger charge is -2.05. The van der Waals surface area contributed by atoms with Crippen LogP contribution in [0, 0.1) is 18.6 Å². The van der Waals surface area contributed by atoms with Crippen LogP contribution in [-0.2, 0) is 0 Å². The summed E-state index contributed by atoms with van der Waals surface area (Å²) in [5.74, 6) is -3.47. The number of pyridine rings is 1. The van der Waals surface area contributed by atoms with E-state index in [0.717, 1.165) is 23.7 Å². The predicted octanol–water partition coefficient (Wildman–Crippen LogP) is 4.37. The van der Waals surface area contributed by atoms with E-state index in [4.69, 9.17) is 0 Å². The minimum atomic E-state index is -3.74. The maximum Gasteiger partial charge on any atom is 0.586 e. The molecule has 0 aliphatic carbocycles. The first-order chi connectivity index (χ1) is 13.2. The molecule has 3 aromatic rings. The van der Waals surface area contributed by atoms with Gasteiger partial charge in [0.15, 0.2) is 28.3 Å². The third kappa shape index (κ3) is 3.24. The summed E-state index contributed by atoms with van der Waals surface area (Å²) in [5, 5.41) is 2.37. The Balaban J connectivity index is 1.60. The van der Waals surface area contributed by atoms with Crippen molar-refractivity contribution in [1.82, 2.24) is 9.97 Å². The molecule has 11 heteroatoms. The SMILES string of the molecule is Cc1cc2c(cc1-c1cnc(NC(=O)c3c(F)cncc3F)s1)OC(F)(F)O2. The largest absolute Gasteiger partial charge is 0.586 e. The molecule has 1 amide bonds. The number of amides is 1. The lowest BCUT2D eigenvalue weighted by atomic mass is 10.1. The summed E-state index contributed by atoms with van der Waals surface area (Å²) in [5.41, 5.74) is 0.348. The highest BCUT2D eigenvalue weighted by Gasteiger charge is 2.43. The summed E-state index contributed by atoms with van der Waals surface area (Å²) in [6, 6.07) is 2.76. The van der Waals surface area contributed by atoms with E-state index in [1.165, 1.54) is 18.3 Å². The molecule has 0 fully saturated rings. The highest BCUT2D eigenvalue weighted by atomic mass is 32.1. The van der Waals surface area contributed by atoms with Gasteiger partial charge in [-0.25, -0.2) is 13.8 Å². The zero-order valence-corrected chi connectivity index (χ0v) is 14.7. The van der Waals surface area contributed by atoms with Crippen LogP contribution < -0.4 is 14.8 Å². The zero-order chi connectivity index (χ0) is 20.1. The molecule has 3 heterocycles. The second-order valence-corrected chi connectivity index (χ2v) is 6.77. The molecule has 144 valence electrons. The number of carbonyl (C=O) groups excluding carboxylic acids is 1. The smallest absolute Gasteiger partial charge is 0.395 e. The van der Waals surface area contributed by atoms with Crippen molar-refractivity contribution >= 4 is 22.4 Å². The molecule has 0 spiro atoms. The number of aromatic nitrogens is 2. The van der Waals surface area contributed by atoms with Gasteiger partial charge in [0.05, 0.1) is 17.3 Å². The van der Waals surface area contributed by atoms with Gasteiger partial charge in [0.25, 0.3) is 5.91 Å². The maximum atomic E-state index is 13.6. The van der Waals surface area contributed by atoms with Gasteiger partial charge in [-0.05, 0) is 24.6 Å². The van der Waals surface area contributed by atoms with E-state index in [1.54, 1.807) is 6.92 Å². The zero-order valence-electron chi connectivity index (χ0n) is 13.9. The standard InChI is InChI=1S/C17H9F4N3O3S/c1-7-2-11-12(27-17(20,21)26-11)3-8(7)13-6-23-16(28-13)24-15(25)14-9(18)4-22-5-10(14)19/h2-6H,1H3,(H,23,24,25). The summed E-state index contributed by atoms with van der Waals surface area (Å²) >= 11 is 0.993. The third-order valence-electron chi connectivity index (χ3n) is 3.82. The highest BCUT2D eigenvalue weighted by Crippen LogP contribution is 2.45. The highest BCUT2D eigenvalue weighted by molar-refractivity contribution is 7.19. The van der Waals surface area contributed by atoms with E-state index in [9.17, 15) is 22.4 Å². The van der Waals surface area contributed by atoms with Crippen molar-refractivity contribution in [2.24, 2.45) is 0 Å². The molecule has 0 saturated carbocycles. The van der Waals surface area contributed by atoms with E-state index in [2.05, 4.69) is 24.8 Å². The monoisotopic (exact) mass is 411 g/mol. The number of hydrogen-bond donors (Lipinski definition) is 1. The number of benzene rings is 1. The van der Waals surface area contributed by atoms with Crippen molar-refractivity contribution in [2.75, 3.05) is 5.32 Å². The molecule has 0 unspecified atom stereocenters. The fourth-order valence-corrected chi connectivity index (χ4v) is 3.50. The van der Waals surface area contributed by atoms with Crippen molar-refractivity contribution in [3.63, 3.8) is 0 Å². The molecule has 1 aliphatic rings. The van der Waals surface area contributed by atoms with E-state index in [-0.39, 0.29) is 16.6 Å². The number of alkyl halides is 2. The minimum absolute atomic E-state index is 0.0676. The Bertz CT molecular complexity index is 1080. The van der Waals surface area contributed by atoms with Crippen molar-refractivity contribution in [3.05, 3.63) is 53.5 Å². The summed E-state index contributed by atoms with van der Waals surface area (Å²) in [7, 11) is 0. The van der Waals surface area contributed by atoms with Gasteiger partial charge in [-0.2, -0.15) is 0 Å². The van der Waals surface area contributed by atoms with Crippen LogP contribution in [0.15, 0.2) is 30.7 Å². The summed E-state index contributed by atoms with van der Waals surface area (Å²) < 4.78 is 62.5. The number of rotatable bonds is 3. The number of nitrogens with one attached hydrogen (secondary N) is 1. The lowest BCUT2D eigenvalue weighted by Crippen LogP contribution is -2.25. The topological polar surface area (TPSA) is 73.3 Å². The second kappa shape index (κ2) is 6.44. The molecular weight excluding hydrogens is 402 g/mol. The van der Waals surface area contributed by atoms with Gasteiger partial charge in [-0.3, -0.25) is 15.1 Å². The number of ether oxygens (including phenoxy) is 2. The summed E-state index contributed by atoms with van der Waals surface area (Å²) in [4.78, 5) is 19.9. The number of carbonyl (C=O) groups is 1. The number of aryl methyl sites for hydroxylation is 1. The molecule has 2 aromatic heterocycles. The molecule has 1 aromatic carbocycles. The first kappa shape index (κ1) is 18.2.